The van der Waals surface area contributed by atoms with Gasteiger partial charge in [-0.15, -0.1) is 10.2 Å². The summed E-state index contributed by atoms with van der Waals surface area (Å²) in [5, 5.41) is 12.0. The van der Waals surface area contributed by atoms with Crippen molar-refractivity contribution in [3.63, 3.8) is 0 Å². The maximum atomic E-state index is 12.3. The number of anilines is 1. The Morgan fingerprint density at radius 1 is 1.13 bits per heavy atom. The van der Waals surface area contributed by atoms with Crippen molar-refractivity contribution in [3.8, 4) is 5.75 Å². The lowest BCUT2D eigenvalue weighted by Gasteiger charge is -2.10. The van der Waals surface area contributed by atoms with Gasteiger partial charge in [0.05, 0.1) is 5.75 Å². The topological polar surface area (TPSA) is 69.0 Å². The van der Waals surface area contributed by atoms with E-state index in [2.05, 4.69) is 41.5 Å². The Morgan fingerprint density at radius 3 is 2.57 bits per heavy atom. The number of ether oxygens (including phenoxy) is 1. The van der Waals surface area contributed by atoms with Crippen molar-refractivity contribution >= 4 is 23.4 Å². The molecular formula is C23H28N4O2S. The van der Waals surface area contributed by atoms with Crippen LogP contribution in [0.25, 0.3) is 0 Å². The van der Waals surface area contributed by atoms with Crippen LogP contribution in [-0.2, 0) is 18.4 Å². The number of nitrogens with zero attached hydrogens (tertiary/aromatic N) is 3. The minimum absolute atomic E-state index is 0.0697. The molecule has 0 radical (unpaired) electrons. The van der Waals surface area contributed by atoms with Gasteiger partial charge in [-0.3, -0.25) is 4.79 Å². The van der Waals surface area contributed by atoms with Crippen molar-refractivity contribution in [3.05, 3.63) is 65.0 Å². The number of thioether (sulfide) groups is 1. The molecule has 3 rings (SSSR count). The van der Waals surface area contributed by atoms with Crippen molar-refractivity contribution in [2.75, 3.05) is 11.1 Å². The lowest BCUT2D eigenvalue weighted by Crippen LogP contribution is -2.15. The Balaban J connectivity index is 1.53. The van der Waals surface area contributed by atoms with E-state index in [-0.39, 0.29) is 11.7 Å². The zero-order valence-corrected chi connectivity index (χ0v) is 18.9. The van der Waals surface area contributed by atoms with Crippen LogP contribution in [0.5, 0.6) is 5.75 Å². The summed E-state index contributed by atoms with van der Waals surface area (Å²) in [5.74, 6) is 2.19. The second kappa shape index (κ2) is 9.80. The van der Waals surface area contributed by atoms with Crippen LogP contribution >= 0.6 is 11.8 Å². The summed E-state index contributed by atoms with van der Waals surface area (Å²) in [6.45, 7) is 8.63. The van der Waals surface area contributed by atoms with E-state index in [0.717, 1.165) is 22.6 Å². The SMILES string of the molecule is Cc1ccc(C)c(NC(=O)CSc2nnc(COc3ccc(C(C)C)cc3)n2C)c1. The maximum absolute atomic E-state index is 12.3. The second-order valence-electron chi connectivity index (χ2n) is 7.63. The Bertz CT molecular complexity index is 1010. The number of hydrogen-bond donors (Lipinski definition) is 1. The third-order valence-electron chi connectivity index (χ3n) is 4.84. The van der Waals surface area contributed by atoms with Gasteiger partial charge in [0.1, 0.15) is 12.4 Å². The molecule has 158 valence electrons. The molecular weight excluding hydrogens is 396 g/mol. The molecule has 0 fully saturated rings. The van der Waals surface area contributed by atoms with Crippen LogP contribution in [0, 0.1) is 13.8 Å². The van der Waals surface area contributed by atoms with Gasteiger partial charge in [-0.25, -0.2) is 0 Å². The zero-order chi connectivity index (χ0) is 21.7. The summed E-state index contributed by atoms with van der Waals surface area (Å²) in [6.07, 6.45) is 0. The highest BCUT2D eigenvalue weighted by Crippen LogP contribution is 2.21. The van der Waals surface area contributed by atoms with Crippen LogP contribution in [0.15, 0.2) is 47.6 Å². The summed E-state index contributed by atoms with van der Waals surface area (Å²) in [5.41, 5.74) is 4.27. The molecule has 2 aromatic carbocycles. The molecule has 0 unspecified atom stereocenters. The van der Waals surface area contributed by atoms with E-state index in [1.165, 1.54) is 17.3 Å². The average molecular weight is 425 g/mol. The van der Waals surface area contributed by atoms with Crippen molar-refractivity contribution in [2.24, 2.45) is 7.05 Å². The fraction of sp³-hybridized carbons (Fsp3) is 0.348. The smallest absolute Gasteiger partial charge is 0.234 e. The zero-order valence-electron chi connectivity index (χ0n) is 18.1. The average Bonchev–Trinajstić information content (AvgIpc) is 3.07. The summed E-state index contributed by atoms with van der Waals surface area (Å²) in [4.78, 5) is 12.3. The fourth-order valence-corrected chi connectivity index (χ4v) is 3.61. The number of carbonyl (C=O) groups is 1. The van der Waals surface area contributed by atoms with Crippen molar-refractivity contribution in [1.82, 2.24) is 14.8 Å². The number of rotatable bonds is 8. The van der Waals surface area contributed by atoms with Crippen molar-refractivity contribution in [2.45, 2.75) is 45.4 Å². The summed E-state index contributed by atoms with van der Waals surface area (Å²) >= 11 is 1.35. The standard InChI is InChI=1S/C23H28N4O2S/c1-15(2)18-8-10-19(11-9-18)29-13-21-25-26-23(27(21)5)30-14-22(28)24-20-12-16(3)6-7-17(20)4/h6-12,15H,13-14H2,1-5H3,(H,24,28). The number of benzene rings is 2. The van der Waals surface area contributed by atoms with E-state index in [1.807, 2.05) is 55.8 Å². The molecule has 0 aliphatic carbocycles. The quantitative estimate of drug-likeness (QED) is 0.523. The van der Waals surface area contributed by atoms with E-state index in [0.29, 0.717) is 23.5 Å². The van der Waals surface area contributed by atoms with Crippen molar-refractivity contribution in [1.29, 1.82) is 0 Å². The van der Waals surface area contributed by atoms with Gasteiger partial charge in [0, 0.05) is 12.7 Å². The van der Waals surface area contributed by atoms with Gasteiger partial charge in [0.15, 0.2) is 11.0 Å². The molecule has 0 saturated heterocycles. The van der Waals surface area contributed by atoms with Crippen molar-refractivity contribution < 1.29 is 9.53 Å². The third kappa shape index (κ3) is 5.63. The van der Waals surface area contributed by atoms with Gasteiger partial charge in [-0.05, 0) is 54.7 Å². The van der Waals surface area contributed by atoms with E-state index in [1.54, 1.807) is 0 Å². The minimum Gasteiger partial charge on any atom is -0.486 e. The Hall–Kier alpha value is -2.80. The van der Waals surface area contributed by atoms with Crippen LogP contribution in [0.1, 0.15) is 42.3 Å². The van der Waals surface area contributed by atoms with Crippen LogP contribution < -0.4 is 10.1 Å². The first kappa shape index (κ1) is 21.9. The van der Waals surface area contributed by atoms with Gasteiger partial charge >= 0.3 is 0 Å². The van der Waals surface area contributed by atoms with Gasteiger partial charge in [-0.2, -0.15) is 0 Å². The number of aromatic nitrogens is 3. The molecule has 3 aromatic rings. The maximum Gasteiger partial charge on any atom is 0.234 e. The van der Waals surface area contributed by atoms with Crippen LogP contribution in [0.3, 0.4) is 0 Å². The fourth-order valence-electron chi connectivity index (χ4n) is 2.88. The molecule has 0 aliphatic heterocycles. The van der Waals surface area contributed by atoms with Gasteiger partial charge in [0.2, 0.25) is 5.91 Å². The van der Waals surface area contributed by atoms with Crippen LogP contribution in [0.4, 0.5) is 5.69 Å². The highest BCUT2D eigenvalue weighted by Gasteiger charge is 2.13. The predicted octanol–water partition coefficient (Wildman–Crippen LogP) is 4.87. The minimum atomic E-state index is -0.0697. The predicted molar refractivity (Wildman–Crippen MR) is 121 cm³/mol. The molecule has 0 atom stereocenters. The van der Waals surface area contributed by atoms with Crippen LogP contribution in [-0.4, -0.2) is 26.4 Å². The van der Waals surface area contributed by atoms with Gasteiger partial charge < -0.3 is 14.6 Å². The summed E-state index contributed by atoms with van der Waals surface area (Å²) in [7, 11) is 1.88. The van der Waals surface area contributed by atoms with E-state index in [9.17, 15) is 4.79 Å². The Kier molecular flexibility index (Phi) is 7.15. The molecule has 30 heavy (non-hydrogen) atoms. The first-order valence-electron chi connectivity index (χ1n) is 9.94. The Morgan fingerprint density at radius 2 is 1.87 bits per heavy atom. The van der Waals surface area contributed by atoms with E-state index < -0.39 is 0 Å². The molecule has 7 heteroatoms. The Labute approximate surface area is 182 Å². The molecule has 0 bridgehead atoms. The highest BCUT2D eigenvalue weighted by atomic mass is 32.2. The highest BCUT2D eigenvalue weighted by molar-refractivity contribution is 7.99. The molecule has 0 aliphatic rings. The second-order valence-corrected chi connectivity index (χ2v) is 8.57. The summed E-state index contributed by atoms with van der Waals surface area (Å²) in [6, 6.07) is 14.1. The van der Waals surface area contributed by atoms with Gasteiger partial charge in [-0.1, -0.05) is 49.9 Å². The number of carbonyl (C=O) groups excluding carboxylic acids is 1. The molecule has 6 nitrogen and oxygen atoms in total. The monoisotopic (exact) mass is 424 g/mol. The molecule has 0 spiro atoms. The van der Waals surface area contributed by atoms with E-state index in [4.69, 9.17) is 4.74 Å². The molecule has 1 amide bonds. The normalized spacial score (nSPS) is 11.0. The molecule has 1 N–H and O–H groups in total. The number of nitrogens with one attached hydrogen (secondary N) is 1. The lowest BCUT2D eigenvalue weighted by atomic mass is 10.0. The third-order valence-corrected chi connectivity index (χ3v) is 5.86. The van der Waals surface area contributed by atoms with Gasteiger partial charge in [0.25, 0.3) is 0 Å². The summed E-state index contributed by atoms with van der Waals surface area (Å²) < 4.78 is 7.70. The number of aryl methyl sites for hydroxylation is 2. The number of hydrogen-bond acceptors (Lipinski definition) is 5. The largest absolute Gasteiger partial charge is 0.486 e. The van der Waals surface area contributed by atoms with Crippen LogP contribution in [0.2, 0.25) is 0 Å². The van der Waals surface area contributed by atoms with E-state index >= 15 is 0 Å². The lowest BCUT2D eigenvalue weighted by molar-refractivity contribution is -0.113. The first-order chi connectivity index (χ1) is 14.3. The number of amides is 1. The molecule has 1 heterocycles. The molecule has 0 saturated carbocycles. The first-order valence-corrected chi connectivity index (χ1v) is 10.9. The molecule has 1 aromatic heterocycles.